The van der Waals surface area contributed by atoms with Crippen molar-refractivity contribution in [3.8, 4) is 11.1 Å². The molecule has 2 N–H and O–H groups in total. The maximum absolute atomic E-state index is 10.3. The van der Waals surface area contributed by atoms with Gasteiger partial charge in [0.1, 0.15) is 0 Å². The van der Waals surface area contributed by atoms with Gasteiger partial charge in [-0.25, -0.2) is 0 Å². The van der Waals surface area contributed by atoms with E-state index in [2.05, 4.69) is 72.9 Å². The number of rotatable bonds is 5. The van der Waals surface area contributed by atoms with Crippen molar-refractivity contribution in [1.82, 2.24) is 0 Å². The monoisotopic (exact) mass is 497 g/mol. The van der Waals surface area contributed by atoms with Crippen LogP contribution in [0.1, 0.15) is 82.3 Å². The van der Waals surface area contributed by atoms with Gasteiger partial charge in [-0.2, -0.15) is 0 Å². The molecule has 6 rings (SSSR count). The number of piperidine rings is 1. The topological polar surface area (TPSA) is 47.9 Å². The number of hydrogen-bond donors (Lipinski definition) is 2. The molecule has 0 amide bonds. The van der Waals surface area contributed by atoms with Crippen molar-refractivity contribution in [2.75, 3.05) is 23.3 Å². The lowest BCUT2D eigenvalue weighted by molar-refractivity contribution is 0.154. The van der Waals surface area contributed by atoms with Crippen LogP contribution in [-0.4, -0.2) is 30.5 Å². The zero-order chi connectivity index (χ0) is 25.4. The Morgan fingerprint density at radius 1 is 1.08 bits per heavy atom. The highest BCUT2D eigenvalue weighted by atomic mass is 16.3. The average Bonchev–Trinajstić information content (AvgIpc) is 2.95. The van der Waals surface area contributed by atoms with Crippen LogP contribution in [0.15, 0.2) is 47.6 Å². The molecule has 3 aliphatic heterocycles. The summed E-state index contributed by atoms with van der Waals surface area (Å²) in [6, 6.07) is 11.7. The Hall–Kier alpha value is -2.59. The van der Waals surface area contributed by atoms with Crippen LogP contribution in [0.25, 0.3) is 11.1 Å². The average molecular weight is 498 g/mol. The SMILES string of the molecule is CCC1C=CNc2cc(N3CCCC(O)C3)cc(-c3ccc4c(c3)N=CC(C(C)C3CCCCC3)C4)c21. The fourth-order valence-electron chi connectivity index (χ4n) is 7.30. The lowest BCUT2D eigenvalue weighted by atomic mass is 9.73. The zero-order valence-corrected chi connectivity index (χ0v) is 22.6. The molecular weight excluding hydrogens is 454 g/mol. The van der Waals surface area contributed by atoms with Crippen molar-refractivity contribution in [2.45, 2.75) is 83.7 Å². The number of aliphatic hydroxyl groups is 1. The predicted octanol–water partition coefficient (Wildman–Crippen LogP) is 7.84. The van der Waals surface area contributed by atoms with E-state index in [1.807, 2.05) is 0 Å². The smallest absolute Gasteiger partial charge is 0.0715 e. The van der Waals surface area contributed by atoms with Crippen LogP contribution in [0.5, 0.6) is 0 Å². The van der Waals surface area contributed by atoms with Gasteiger partial charge in [0, 0.05) is 42.5 Å². The van der Waals surface area contributed by atoms with Gasteiger partial charge in [0.2, 0.25) is 0 Å². The van der Waals surface area contributed by atoms with Gasteiger partial charge >= 0.3 is 0 Å². The molecular formula is C33H43N3O. The number of aliphatic hydroxyl groups excluding tert-OH is 1. The minimum Gasteiger partial charge on any atom is -0.391 e. The van der Waals surface area contributed by atoms with Crippen LogP contribution in [0, 0.1) is 17.8 Å². The van der Waals surface area contributed by atoms with Crippen molar-refractivity contribution in [2.24, 2.45) is 22.7 Å². The first-order chi connectivity index (χ1) is 18.1. The summed E-state index contributed by atoms with van der Waals surface area (Å²) >= 11 is 0. The molecule has 3 heterocycles. The molecule has 0 bridgehead atoms. The number of anilines is 2. The first-order valence-corrected chi connectivity index (χ1v) is 14.8. The molecule has 0 spiro atoms. The number of benzene rings is 2. The number of aliphatic imine (C=N–C) groups is 1. The predicted molar refractivity (Wildman–Crippen MR) is 156 cm³/mol. The third-order valence-corrected chi connectivity index (χ3v) is 9.63. The summed E-state index contributed by atoms with van der Waals surface area (Å²) in [5.41, 5.74) is 8.87. The second-order valence-corrected chi connectivity index (χ2v) is 12.0. The summed E-state index contributed by atoms with van der Waals surface area (Å²) in [5, 5.41) is 13.9. The zero-order valence-electron chi connectivity index (χ0n) is 22.6. The van der Waals surface area contributed by atoms with E-state index in [9.17, 15) is 5.11 Å². The normalized spacial score (nSPS) is 26.4. The highest BCUT2D eigenvalue weighted by Gasteiger charge is 2.29. The standard InChI is InChI=1S/C33H43N3O/c1-3-23-13-14-34-32-19-28(36-15-7-10-29(37)21-36)18-30(33(23)32)25-11-12-26-16-27(20-35-31(26)17-25)22(2)24-8-5-4-6-9-24/h11-14,17-20,22-24,27,29,34,37H,3-10,15-16,21H2,1-2H3. The minimum absolute atomic E-state index is 0.244. The Kier molecular flexibility index (Phi) is 7.12. The van der Waals surface area contributed by atoms with Gasteiger partial charge in [0.15, 0.2) is 0 Å². The summed E-state index contributed by atoms with van der Waals surface area (Å²) in [7, 11) is 0. The van der Waals surface area contributed by atoms with Crippen molar-refractivity contribution < 1.29 is 5.11 Å². The van der Waals surface area contributed by atoms with Crippen LogP contribution in [-0.2, 0) is 6.42 Å². The molecule has 196 valence electrons. The highest BCUT2D eigenvalue weighted by Crippen LogP contribution is 2.45. The maximum atomic E-state index is 10.3. The number of hydrogen-bond acceptors (Lipinski definition) is 4. The van der Waals surface area contributed by atoms with E-state index < -0.39 is 0 Å². The van der Waals surface area contributed by atoms with Crippen molar-refractivity contribution >= 4 is 23.3 Å². The van der Waals surface area contributed by atoms with Crippen LogP contribution >= 0.6 is 0 Å². The van der Waals surface area contributed by atoms with Gasteiger partial charge in [0.05, 0.1) is 11.8 Å². The molecule has 1 saturated heterocycles. The van der Waals surface area contributed by atoms with E-state index in [1.165, 1.54) is 65.7 Å². The molecule has 4 nitrogen and oxygen atoms in total. The van der Waals surface area contributed by atoms with Gasteiger partial charge in [0.25, 0.3) is 0 Å². The summed E-state index contributed by atoms with van der Waals surface area (Å²) in [5.74, 6) is 2.53. The minimum atomic E-state index is -0.244. The van der Waals surface area contributed by atoms with Crippen LogP contribution in [0.2, 0.25) is 0 Å². The molecule has 1 saturated carbocycles. The Morgan fingerprint density at radius 2 is 1.95 bits per heavy atom. The Morgan fingerprint density at radius 3 is 2.76 bits per heavy atom. The third-order valence-electron chi connectivity index (χ3n) is 9.63. The first kappa shape index (κ1) is 24.7. The van der Waals surface area contributed by atoms with Gasteiger partial charge in [-0.15, -0.1) is 0 Å². The van der Waals surface area contributed by atoms with E-state index in [4.69, 9.17) is 4.99 Å². The number of nitrogens with zero attached hydrogens (tertiary/aromatic N) is 2. The molecule has 4 unspecified atom stereocenters. The summed E-state index contributed by atoms with van der Waals surface area (Å²) in [6.45, 7) is 6.44. The van der Waals surface area contributed by atoms with Crippen LogP contribution in [0.4, 0.5) is 17.1 Å². The fourth-order valence-corrected chi connectivity index (χ4v) is 7.30. The van der Waals surface area contributed by atoms with Gasteiger partial charge < -0.3 is 15.3 Å². The molecule has 4 atom stereocenters. The lowest BCUT2D eigenvalue weighted by Gasteiger charge is -2.34. The summed E-state index contributed by atoms with van der Waals surface area (Å²) in [4.78, 5) is 7.41. The lowest BCUT2D eigenvalue weighted by Crippen LogP contribution is -2.38. The molecule has 2 aromatic rings. The van der Waals surface area contributed by atoms with Crippen molar-refractivity contribution in [1.29, 1.82) is 0 Å². The highest BCUT2D eigenvalue weighted by molar-refractivity contribution is 5.84. The van der Waals surface area contributed by atoms with Gasteiger partial charge in [-0.1, -0.05) is 64.2 Å². The van der Waals surface area contributed by atoms with E-state index >= 15 is 0 Å². The second-order valence-electron chi connectivity index (χ2n) is 12.0. The second kappa shape index (κ2) is 10.6. The maximum Gasteiger partial charge on any atom is 0.0715 e. The number of β-amino-alcohol motifs (C(OH)–C–C–N with tert-alkyl or cyclic N) is 1. The molecule has 0 radical (unpaired) electrons. The van der Waals surface area contributed by atoms with Crippen LogP contribution in [0.3, 0.4) is 0 Å². The van der Waals surface area contributed by atoms with Gasteiger partial charge in [-0.3, -0.25) is 4.99 Å². The largest absolute Gasteiger partial charge is 0.391 e. The van der Waals surface area contributed by atoms with Crippen molar-refractivity contribution in [3.05, 3.63) is 53.7 Å². The molecule has 0 aromatic heterocycles. The Labute approximate surface area is 222 Å². The fraction of sp³-hybridized carbons (Fsp3) is 0.545. The van der Waals surface area contributed by atoms with Crippen LogP contribution < -0.4 is 10.2 Å². The van der Waals surface area contributed by atoms with E-state index in [1.54, 1.807) is 0 Å². The summed E-state index contributed by atoms with van der Waals surface area (Å²) in [6.07, 6.45) is 17.6. The Balaban J connectivity index is 1.33. The molecule has 1 aliphatic carbocycles. The molecule has 37 heavy (non-hydrogen) atoms. The third kappa shape index (κ3) is 4.97. The van der Waals surface area contributed by atoms with E-state index in [0.29, 0.717) is 24.3 Å². The van der Waals surface area contributed by atoms with Crippen molar-refractivity contribution in [3.63, 3.8) is 0 Å². The number of fused-ring (bicyclic) bond motifs is 2. The quantitative estimate of drug-likeness (QED) is 0.442. The summed E-state index contributed by atoms with van der Waals surface area (Å²) < 4.78 is 0. The Bertz CT molecular complexity index is 1180. The first-order valence-electron chi connectivity index (χ1n) is 14.8. The number of allylic oxidation sites excluding steroid dienone is 1. The van der Waals surface area contributed by atoms with E-state index in [-0.39, 0.29) is 6.10 Å². The van der Waals surface area contributed by atoms with Gasteiger partial charge in [-0.05, 0) is 84.2 Å². The molecule has 4 heteroatoms. The molecule has 2 fully saturated rings. The number of nitrogens with one attached hydrogen (secondary N) is 1. The van der Waals surface area contributed by atoms with E-state index in [0.717, 1.165) is 43.8 Å². The molecule has 4 aliphatic rings. The molecule has 2 aromatic carbocycles.